The number of carboxylic acids is 1. The van der Waals surface area contributed by atoms with Gasteiger partial charge in [0, 0.05) is 23.3 Å². The summed E-state index contributed by atoms with van der Waals surface area (Å²) in [6.45, 7) is 3.85. The van der Waals surface area contributed by atoms with Crippen LogP contribution in [-0.2, 0) is 17.6 Å². The Bertz CT molecular complexity index is 1060. The number of hydrogen-bond donors (Lipinski definition) is 1. The third-order valence-electron chi connectivity index (χ3n) is 5.31. The fourth-order valence-corrected chi connectivity index (χ4v) is 6.17. The zero-order valence-corrected chi connectivity index (χ0v) is 17.5. The molecule has 0 saturated carbocycles. The minimum atomic E-state index is -0.893. The van der Waals surface area contributed by atoms with E-state index in [1.165, 1.54) is 11.9 Å². The Hall–Kier alpha value is -2.32. The van der Waals surface area contributed by atoms with Gasteiger partial charge in [0.15, 0.2) is 0 Å². The van der Waals surface area contributed by atoms with Crippen molar-refractivity contribution in [2.75, 3.05) is 7.05 Å². The predicted molar refractivity (Wildman–Crippen MR) is 110 cm³/mol. The molecule has 0 bridgehead atoms. The van der Waals surface area contributed by atoms with Crippen LogP contribution < -0.4 is 0 Å². The molecule has 0 spiro atoms. The van der Waals surface area contributed by atoms with Gasteiger partial charge in [-0.3, -0.25) is 14.5 Å². The van der Waals surface area contributed by atoms with Crippen LogP contribution in [0.2, 0.25) is 0 Å². The second kappa shape index (κ2) is 6.93. The minimum absolute atomic E-state index is 0.288. The van der Waals surface area contributed by atoms with Crippen LogP contribution in [0.3, 0.4) is 0 Å². The van der Waals surface area contributed by atoms with Gasteiger partial charge in [-0.25, -0.2) is 4.79 Å². The summed E-state index contributed by atoms with van der Waals surface area (Å²) in [5.74, 6) is -1.20. The van der Waals surface area contributed by atoms with E-state index in [1.54, 1.807) is 17.4 Å². The first-order chi connectivity index (χ1) is 13.3. The number of carbonyl (C=O) groups is 3. The molecule has 2 amide bonds. The number of carboxylic acid groups (broad SMARTS) is 1. The lowest BCUT2D eigenvalue weighted by Gasteiger charge is -2.11. The van der Waals surface area contributed by atoms with Crippen LogP contribution in [0.5, 0.6) is 0 Å². The summed E-state index contributed by atoms with van der Waals surface area (Å²) in [5, 5.41) is 10.3. The van der Waals surface area contributed by atoms with Gasteiger partial charge in [-0.2, -0.15) is 0 Å². The molecule has 0 unspecified atom stereocenters. The number of aromatic carboxylic acids is 1. The fourth-order valence-electron chi connectivity index (χ4n) is 3.86. The highest BCUT2D eigenvalue weighted by Crippen LogP contribution is 2.39. The van der Waals surface area contributed by atoms with Gasteiger partial charge in [-0.15, -0.1) is 11.3 Å². The summed E-state index contributed by atoms with van der Waals surface area (Å²) in [5.41, 5.74) is 3.96. The molecule has 0 aromatic carbocycles. The standard InChI is InChI=1S/C20H20N2O4S2/c1-10-8-12(9-15-17(23)21(3)20(26)28-15)11(2)22(10)18-16(19(24)25)13-6-4-5-7-14(13)27-18/h8-9H,4-7H2,1-3H3,(H,24,25)/b15-9+. The number of rotatable bonds is 3. The molecule has 1 fully saturated rings. The summed E-state index contributed by atoms with van der Waals surface area (Å²) in [6, 6.07) is 1.93. The third-order valence-corrected chi connectivity index (χ3v) is 7.55. The average molecular weight is 417 g/mol. The normalized spacial score (nSPS) is 18.2. The third kappa shape index (κ3) is 2.91. The first-order valence-corrected chi connectivity index (χ1v) is 10.7. The Kier molecular flexibility index (Phi) is 4.71. The average Bonchev–Trinajstić information content (AvgIpc) is 3.23. The summed E-state index contributed by atoms with van der Waals surface area (Å²) >= 11 is 2.48. The zero-order valence-electron chi connectivity index (χ0n) is 15.9. The monoisotopic (exact) mass is 416 g/mol. The maximum atomic E-state index is 12.2. The molecule has 2 aromatic rings. The molecule has 28 heavy (non-hydrogen) atoms. The number of nitrogens with zero attached hydrogens (tertiary/aromatic N) is 2. The molecule has 1 saturated heterocycles. The molecule has 0 atom stereocenters. The van der Waals surface area contributed by atoms with Crippen LogP contribution in [0, 0.1) is 13.8 Å². The van der Waals surface area contributed by atoms with Crippen LogP contribution in [-0.4, -0.2) is 38.7 Å². The largest absolute Gasteiger partial charge is 0.478 e. The summed E-state index contributed by atoms with van der Waals surface area (Å²) in [7, 11) is 1.47. The Labute approximate surface area is 170 Å². The van der Waals surface area contributed by atoms with Gasteiger partial charge in [0.1, 0.15) is 5.00 Å². The number of imide groups is 1. The van der Waals surface area contributed by atoms with Crippen molar-refractivity contribution in [1.82, 2.24) is 9.47 Å². The molecule has 8 heteroatoms. The highest BCUT2D eigenvalue weighted by atomic mass is 32.2. The topological polar surface area (TPSA) is 79.6 Å². The van der Waals surface area contributed by atoms with Crippen molar-refractivity contribution in [3.8, 4) is 5.00 Å². The van der Waals surface area contributed by atoms with Gasteiger partial charge in [0.25, 0.3) is 11.1 Å². The van der Waals surface area contributed by atoms with E-state index in [0.717, 1.165) is 69.9 Å². The Morgan fingerprint density at radius 2 is 1.93 bits per heavy atom. The van der Waals surface area contributed by atoms with Crippen molar-refractivity contribution < 1.29 is 19.5 Å². The number of fused-ring (bicyclic) bond motifs is 1. The second-order valence-electron chi connectivity index (χ2n) is 7.10. The van der Waals surface area contributed by atoms with E-state index < -0.39 is 5.97 Å². The van der Waals surface area contributed by atoms with Crippen molar-refractivity contribution in [3.63, 3.8) is 0 Å². The molecule has 2 aliphatic rings. The highest BCUT2D eigenvalue weighted by Gasteiger charge is 2.32. The van der Waals surface area contributed by atoms with Gasteiger partial charge in [-0.05, 0) is 74.6 Å². The molecule has 2 aromatic heterocycles. The van der Waals surface area contributed by atoms with Crippen molar-refractivity contribution >= 4 is 46.3 Å². The lowest BCUT2D eigenvalue weighted by molar-refractivity contribution is -0.121. The Balaban J connectivity index is 1.84. The zero-order chi connectivity index (χ0) is 20.2. The number of hydrogen-bond acceptors (Lipinski definition) is 5. The molecule has 146 valence electrons. The molecule has 1 aliphatic heterocycles. The molecular formula is C20H20N2O4S2. The summed E-state index contributed by atoms with van der Waals surface area (Å²) in [6.07, 6.45) is 5.57. The predicted octanol–water partition coefficient (Wildman–Crippen LogP) is 4.40. The van der Waals surface area contributed by atoms with Crippen LogP contribution in [0.4, 0.5) is 4.79 Å². The number of thioether (sulfide) groups is 1. The lowest BCUT2D eigenvalue weighted by atomic mass is 9.95. The highest BCUT2D eigenvalue weighted by molar-refractivity contribution is 8.18. The number of amides is 2. The fraction of sp³-hybridized carbons (Fsp3) is 0.350. The van der Waals surface area contributed by atoms with E-state index in [0.29, 0.717) is 10.5 Å². The number of likely N-dealkylation sites (N-methyl/N-ethyl adjacent to an activating group) is 1. The van der Waals surface area contributed by atoms with E-state index in [4.69, 9.17) is 0 Å². The van der Waals surface area contributed by atoms with Gasteiger partial charge in [0.05, 0.1) is 10.5 Å². The molecule has 1 aliphatic carbocycles. The van der Waals surface area contributed by atoms with E-state index >= 15 is 0 Å². The van der Waals surface area contributed by atoms with Gasteiger partial charge in [0.2, 0.25) is 0 Å². The molecule has 1 N–H and O–H groups in total. The van der Waals surface area contributed by atoms with E-state index in [1.807, 2.05) is 24.5 Å². The number of carbonyl (C=O) groups excluding carboxylic acids is 2. The first-order valence-electron chi connectivity index (χ1n) is 9.08. The maximum Gasteiger partial charge on any atom is 0.339 e. The van der Waals surface area contributed by atoms with Gasteiger partial charge >= 0.3 is 5.97 Å². The Morgan fingerprint density at radius 3 is 2.57 bits per heavy atom. The second-order valence-corrected chi connectivity index (χ2v) is 9.18. The Morgan fingerprint density at radius 1 is 1.21 bits per heavy atom. The quantitative estimate of drug-likeness (QED) is 0.750. The summed E-state index contributed by atoms with van der Waals surface area (Å²) in [4.78, 5) is 38.7. The molecule has 0 radical (unpaired) electrons. The van der Waals surface area contributed by atoms with Crippen molar-refractivity contribution in [1.29, 1.82) is 0 Å². The van der Waals surface area contributed by atoms with Crippen LogP contribution in [0.1, 0.15) is 50.6 Å². The molecular weight excluding hydrogens is 396 g/mol. The van der Waals surface area contributed by atoms with Crippen molar-refractivity contribution in [2.45, 2.75) is 39.5 Å². The molecule has 3 heterocycles. The molecule has 6 nitrogen and oxygen atoms in total. The van der Waals surface area contributed by atoms with Crippen LogP contribution in [0.15, 0.2) is 11.0 Å². The van der Waals surface area contributed by atoms with Gasteiger partial charge in [-0.1, -0.05) is 0 Å². The summed E-state index contributed by atoms with van der Waals surface area (Å²) < 4.78 is 1.97. The van der Waals surface area contributed by atoms with E-state index in [2.05, 4.69) is 0 Å². The van der Waals surface area contributed by atoms with Crippen LogP contribution >= 0.6 is 23.1 Å². The smallest absolute Gasteiger partial charge is 0.339 e. The van der Waals surface area contributed by atoms with Crippen molar-refractivity contribution in [3.05, 3.63) is 43.9 Å². The van der Waals surface area contributed by atoms with Crippen molar-refractivity contribution in [2.24, 2.45) is 0 Å². The lowest BCUT2D eigenvalue weighted by Crippen LogP contribution is -2.22. The van der Waals surface area contributed by atoms with E-state index in [-0.39, 0.29) is 11.1 Å². The molecule has 4 rings (SSSR count). The first kappa shape index (κ1) is 19.0. The maximum absolute atomic E-state index is 12.2. The van der Waals surface area contributed by atoms with Gasteiger partial charge < -0.3 is 9.67 Å². The SMILES string of the molecule is Cc1cc(/C=C2/SC(=O)N(C)C2=O)c(C)n1-c1sc2c(c1C(=O)O)CCCC2. The number of aryl methyl sites for hydroxylation is 2. The number of thiophene rings is 1. The van der Waals surface area contributed by atoms with E-state index in [9.17, 15) is 19.5 Å². The van der Waals surface area contributed by atoms with Crippen LogP contribution in [0.25, 0.3) is 11.1 Å². The minimum Gasteiger partial charge on any atom is -0.478 e. The number of aromatic nitrogens is 1.